The van der Waals surface area contributed by atoms with Crippen molar-refractivity contribution < 1.29 is 31.2 Å². The standard InChI is InChI=1S/C19H26N2O7S2/c1-4-28-19(23)15-6-5-9-20(11-15)30(26,27)17-8-7-16(10-13(17)2)21-18(22)14(3)12-29(21,24)25/h7-8,10,14-15H,4-6,9,11-12H2,1-3H3. The summed E-state index contributed by atoms with van der Waals surface area (Å²) in [7, 11) is -7.67. The molecule has 2 saturated heterocycles. The van der Waals surface area contributed by atoms with Crippen LogP contribution in [0.4, 0.5) is 5.69 Å². The Kier molecular flexibility index (Phi) is 6.26. The molecule has 2 aliphatic rings. The molecule has 2 atom stereocenters. The number of hydrogen-bond donors (Lipinski definition) is 0. The average Bonchev–Trinajstić information content (AvgIpc) is 2.88. The third-order valence-corrected chi connectivity index (χ3v) is 9.27. The summed E-state index contributed by atoms with van der Waals surface area (Å²) in [5, 5.41) is 0. The van der Waals surface area contributed by atoms with Crippen molar-refractivity contribution in [3.05, 3.63) is 23.8 Å². The molecule has 166 valence electrons. The first-order chi connectivity index (χ1) is 14.0. The largest absolute Gasteiger partial charge is 0.466 e. The maximum Gasteiger partial charge on any atom is 0.310 e. The monoisotopic (exact) mass is 458 g/mol. The molecule has 0 spiro atoms. The Morgan fingerprint density at radius 3 is 2.57 bits per heavy atom. The summed E-state index contributed by atoms with van der Waals surface area (Å²) < 4.78 is 58.0. The Morgan fingerprint density at radius 1 is 1.30 bits per heavy atom. The van der Waals surface area contributed by atoms with Crippen LogP contribution in [0.3, 0.4) is 0 Å². The van der Waals surface area contributed by atoms with E-state index in [9.17, 15) is 26.4 Å². The van der Waals surface area contributed by atoms with Crippen molar-refractivity contribution in [3.8, 4) is 0 Å². The molecule has 2 fully saturated rings. The highest BCUT2D eigenvalue weighted by Gasteiger charge is 2.42. The zero-order valence-corrected chi connectivity index (χ0v) is 18.8. The first-order valence-corrected chi connectivity index (χ1v) is 12.9. The lowest BCUT2D eigenvalue weighted by atomic mass is 10.0. The van der Waals surface area contributed by atoms with Crippen molar-refractivity contribution in [1.29, 1.82) is 0 Å². The zero-order chi connectivity index (χ0) is 22.3. The second kappa shape index (κ2) is 8.27. The van der Waals surface area contributed by atoms with Gasteiger partial charge in [0.15, 0.2) is 0 Å². The summed E-state index contributed by atoms with van der Waals surface area (Å²) in [5.41, 5.74) is 0.456. The molecule has 0 aliphatic carbocycles. The number of ether oxygens (including phenoxy) is 1. The van der Waals surface area contributed by atoms with Crippen LogP contribution in [0.2, 0.25) is 0 Å². The molecule has 0 radical (unpaired) electrons. The van der Waals surface area contributed by atoms with Crippen molar-refractivity contribution in [1.82, 2.24) is 4.31 Å². The van der Waals surface area contributed by atoms with Crippen LogP contribution < -0.4 is 4.31 Å². The number of amides is 1. The van der Waals surface area contributed by atoms with Gasteiger partial charge >= 0.3 is 5.97 Å². The molecule has 1 aromatic carbocycles. The molecular formula is C19H26N2O7S2. The number of benzene rings is 1. The van der Waals surface area contributed by atoms with Crippen LogP contribution in [0.1, 0.15) is 32.3 Å². The van der Waals surface area contributed by atoms with Gasteiger partial charge in [0.2, 0.25) is 26.0 Å². The maximum absolute atomic E-state index is 13.2. The number of carbonyl (C=O) groups is 2. The smallest absolute Gasteiger partial charge is 0.310 e. The van der Waals surface area contributed by atoms with E-state index in [-0.39, 0.29) is 36.0 Å². The van der Waals surface area contributed by atoms with E-state index in [1.54, 1.807) is 20.8 Å². The lowest BCUT2D eigenvalue weighted by Gasteiger charge is -2.31. The molecule has 1 amide bonds. The lowest BCUT2D eigenvalue weighted by Crippen LogP contribution is -2.43. The summed E-state index contributed by atoms with van der Waals surface area (Å²) in [6.07, 6.45) is 1.11. The topological polar surface area (TPSA) is 118 Å². The second-order valence-electron chi connectivity index (χ2n) is 7.69. The average molecular weight is 459 g/mol. The molecule has 1 aromatic rings. The molecule has 0 N–H and O–H groups in total. The van der Waals surface area contributed by atoms with Crippen LogP contribution in [-0.2, 0) is 34.4 Å². The first kappa shape index (κ1) is 22.7. The molecule has 0 aromatic heterocycles. The molecule has 3 rings (SSSR count). The van der Waals surface area contributed by atoms with Gasteiger partial charge in [-0.15, -0.1) is 0 Å². The van der Waals surface area contributed by atoms with Gasteiger partial charge in [-0.2, -0.15) is 4.31 Å². The predicted molar refractivity (Wildman–Crippen MR) is 110 cm³/mol. The van der Waals surface area contributed by atoms with Crippen molar-refractivity contribution >= 4 is 37.6 Å². The molecular weight excluding hydrogens is 432 g/mol. The van der Waals surface area contributed by atoms with Crippen LogP contribution >= 0.6 is 0 Å². The van der Waals surface area contributed by atoms with Gasteiger partial charge in [-0.05, 0) is 50.5 Å². The van der Waals surface area contributed by atoms with E-state index in [0.717, 1.165) is 4.31 Å². The Balaban J connectivity index is 1.89. The van der Waals surface area contributed by atoms with E-state index < -0.39 is 43.8 Å². The normalized spacial score (nSPS) is 24.8. The summed E-state index contributed by atoms with van der Waals surface area (Å²) in [4.78, 5) is 24.4. The highest BCUT2D eigenvalue weighted by molar-refractivity contribution is 7.94. The highest BCUT2D eigenvalue weighted by Crippen LogP contribution is 2.32. The third kappa shape index (κ3) is 4.10. The fourth-order valence-corrected chi connectivity index (χ4v) is 7.43. The van der Waals surface area contributed by atoms with Crippen molar-refractivity contribution in [2.24, 2.45) is 11.8 Å². The number of aryl methyl sites for hydroxylation is 1. The zero-order valence-electron chi connectivity index (χ0n) is 17.2. The number of rotatable bonds is 5. The van der Waals surface area contributed by atoms with Gasteiger partial charge in [0, 0.05) is 13.1 Å². The Labute approximate surface area is 177 Å². The summed E-state index contributed by atoms with van der Waals surface area (Å²) in [6, 6.07) is 4.05. The summed E-state index contributed by atoms with van der Waals surface area (Å²) in [6.45, 7) is 5.36. The number of anilines is 1. The molecule has 9 nitrogen and oxygen atoms in total. The Morgan fingerprint density at radius 2 is 2.00 bits per heavy atom. The number of carbonyl (C=O) groups excluding carboxylic acids is 2. The Hall–Kier alpha value is -1.98. The van der Waals surface area contributed by atoms with E-state index in [4.69, 9.17) is 4.74 Å². The quantitative estimate of drug-likeness (QED) is 0.610. The lowest BCUT2D eigenvalue weighted by molar-refractivity contribution is -0.149. The van der Waals surface area contributed by atoms with E-state index >= 15 is 0 Å². The van der Waals surface area contributed by atoms with E-state index in [2.05, 4.69) is 0 Å². The summed E-state index contributed by atoms with van der Waals surface area (Å²) in [5.74, 6) is -2.36. The molecule has 0 saturated carbocycles. The SMILES string of the molecule is CCOC(=O)C1CCCN(S(=O)(=O)c2ccc(N3C(=O)C(C)CS3(=O)=O)cc2C)C1. The highest BCUT2D eigenvalue weighted by atomic mass is 32.2. The van der Waals surface area contributed by atoms with Crippen molar-refractivity contribution in [3.63, 3.8) is 0 Å². The van der Waals surface area contributed by atoms with Gasteiger partial charge in [0.05, 0.1) is 34.8 Å². The minimum absolute atomic E-state index is 0.0212. The molecule has 11 heteroatoms. The van der Waals surface area contributed by atoms with Gasteiger partial charge < -0.3 is 4.74 Å². The van der Waals surface area contributed by atoms with Gasteiger partial charge in [-0.3, -0.25) is 9.59 Å². The molecule has 30 heavy (non-hydrogen) atoms. The van der Waals surface area contributed by atoms with Crippen molar-refractivity contribution in [2.75, 3.05) is 29.8 Å². The second-order valence-corrected chi connectivity index (χ2v) is 11.5. The number of piperidine rings is 1. The van der Waals surface area contributed by atoms with Crippen LogP contribution in [0, 0.1) is 18.8 Å². The molecule has 0 bridgehead atoms. The van der Waals surface area contributed by atoms with Crippen LogP contribution in [0.15, 0.2) is 23.1 Å². The van der Waals surface area contributed by atoms with Gasteiger partial charge in [0.1, 0.15) is 0 Å². The van der Waals surface area contributed by atoms with Crippen LogP contribution in [0.25, 0.3) is 0 Å². The van der Waals surface area contributed by atoms with E-state index in [1.165, 1.54) is 22.5 Å². The molecule has 2 heterocycles. The van der Waals surface area contributed by atoms with Crippen LogP contribution in [0.5, 0.6) is 0 Å². The number of nitrogens with zero attached hydrogens (tertiary/aromatic N) is 2. The minimum Gasteiger partial charge on any atom is -0.466 e. The molecule has 2 aliphatic heterocycles. The predicted octanol–water partition coefficient (Wildman–Crippen LogP) is 1.27. The van der Waals surface area contributed by atoms with Crippen LogP contribution in [-0.4, -0.2) is 58.5 Å². The fraction of sp³-hybridized carbons (Fsp3) is 0.579. The van der Waals surface area contributed by atoms with Gasteiger partial charge in [-0.1, -0.05) is 6.92 Å². The number of hydrogen-bond acceptors (Lipinski definition) is 7. The van der Waals surface area contributed by atoms with Crippen molar-refractivity contribution in [2.45, 2.75) is 38.5 Å². The van der Waals surface area contributed by atoms with Gasteiger partial charge in [0.25, 0.3) is 0 Å². The van der Waals surface area contributed by atoms with E-state index in [0.29, 0.717) is 18.4 Å². The molecule has 2 unspecified atom stereocenters. The minimum atomic E-state index is -3.89. The summed E-state index contributed by atoms with van der Waals surface area (Å²) >= 11 is 0. The Bertz CT molecular complexity index is 1070. The van der Waals surface area contributed by atoms with Gasteiger partial charge in [-0.25, -0.2) is 21.1 Å². The third-order valence-electron chi connectivity index (χ3n) is 5.38. The fourth-order valence-electron chi connectivity index (χ4n) is 3.89. The van der Waals surface area contributed by atoms with E-state index in [1.807, 2.05) is 0 Å². The number of esters is 1. The maximum atomic E-state index is 13.2. The number of sulfonamides is 2. The first-order valence-electron chi connectivity index (χ1n) is 9.83.